The molecule has 1 aromatic heterocycles. The first-order chi connectivity index (χ1) is 8.56. The second-order valence-corrected chi connectivity index (χ2v) is 4.13. The largest absolute Gasteiger partial charge is 0.437 e. The van der Waals surface area contributed by atoms with Gasteiger partial charge in [-0.25, -0.2) is 14.4 Å². The lowest BCUT2D eigenvalue weighted by molar-refractivity contribution is 0.458. The van der Waals surface area contributed by atoms with Crippen LogP contribution in [0.25, 0.3) is 0 Å². The number of nitrogens with zero attached hydrogens (tertiary/aromatic N) is 2. The number of hydrogen-bond acceptors (Lipinski definition) is 4. The van der Waals surface area contributed by atoms with E-state index in [0.29, 0.717) is 11.4 Å². The summed E-state index contributed by atoms with van der Waals surface area (Å²) in [4.78, 5) is 8.06. The molecule has 18 heavy (non-hydrogen) atoms. The van der Waals surface area contributed by atoms with Gasteiger partial charge in [0.05, 0.1) is 17.4 Å². The van der Waals surface area contributed by atoms with E-state index in [1.54, 1.807) is 0 Å². The fourth-order valence-electron chi connectivity index (χ4n) is 1.16. The zero-order chi connectivity index (χ0) is 13.1. The standard InChI is InChI=1S/C11H7ClFN3OS/c12-7-3-6(1-2-8(7)13)17-10-5-15-9(4-16-10)11(14)18/h1-5H,(H2,14,18). The van der Waals surface area contributed by atoms with Crippen molar-refractivity contribution in [1.82, 2.24) is 9.97 Å². The number of benzene rings is 1. The van der Waals surface area contributed by atoms with Gasteiger partial charge in [-0.1, -0.05) is 23.8 Å². The predicted octanol–water partition coefficient (Wildman–Crippen LogP) is 2.70. The summed E-state index contributed by atoms with van der Waals surface area (Å²) in [5.41, 5.74) is 5.78. The van der Waals surface area contributed by atoms with Gasteiger partial charge in [-0.3, -0.25) is 0 Å². The van der Waals surface area contributed by atoms with Crippen LogP contribution in [0.3, 0.4) is 0 Å². The Morgan fingerprint density at radius 3 is 2.67 bits per heavy atom. The monoisotopic (exact) mass is 283 g/mol. The van der Waals surface area contributed by atoms with Crippen LogP contribution in [0.1, 0.15) is 5.69 Å². The lowest BCUT2D eigenvalue weighted by atomic mass is 10.3. The molecule has 2 aromatic rings. The molecule has 4 nitrogen and oxygen atoms in total. The number of ether oxygens (including phenoxy) is 1. The molecule has 2 rings (SSSR count). The van der Waals surface area contributed by atoms with Gasteiger partial charge in [-0.2, -0.15) is 0 Å². The van der Waals surface area contributed by atoms with Gasteiger partial charge in [-0.05, 0) is 12.1 Å². The zero-order valence-electron chi connectivity index (χ0n) is 8.93. The zero-order valence-corrected chi connectivity index (χ0v) is 10.5. The topological polar surface area (TPSA) is 61.0 Å². The molecule has 1 aromatic carbocycles. The van der Waals surface area contributed by atoms with Crippen molar-refractivity contribution in [2.24, 2.45) is 5.73 Å². The van der Waals surface area contributed by atoms with Crippen molar-refractivity contribution < 1.29 is 9.13 Å². The highest BCUT2D eigenvalue weighted by Crippen LogP contribution is 2.24. The summed E-state index contributed by atoms with van der Waals surface area (Å²) in [6.45, 7) is 0. The van der Waals surface area contributed by atoms with E-state index in [1.807, 2.05) is 0 Å². The fraction of sp³-hybridized carbons (Fsp3) is 0. The molecule has 0 saturated heterocycles. The molecule has 0 atom stereocenters. The molecule has 0 bridgehead atoms. The number of rotatable bonds is 3. The summed E-state index contributed by atoms with van der Waals surface area (Å²) >= 11 is 10.4. The summed E-state index contributed by atoms with van der Waals surface area (Å²) in [6, 6.07) is 3.99. The summed E-state index contributed by atoms with van der Waals surface area (Å²) in [7, 11) is 0. The summed E-state index contributed by atoms with van der Waals surface area (Å²) < 4.78 is 18.3. The third-order valence-electron chi connectivity index (χ3n) is 1.99. The summed E-state index contributed by atoms with van der Waals surface area (Å²) in [5, 5.41) is -0.0276. The van der Waals surface area contributed by atoms with Gasteiger partial charge in [-0.15, -0.1) is 0 Å². The molecular weight excluding hydrogens is 277 g/mol. The third-order valence-corrected chi connectivity index (χ3v) is 2.49. The quantitative estimate of drug-likeness (QED) is 0.878. The molecule has 1 heterocycles. The Morgan fingerprint density at radius 1 is 1.33 bits per heavy atom. The van der Waals surface area contributed by atoms with E-state index < -0.39 is 5.82 Å². The van der Waals surface area contributed by atoms with Gasteiger partial charge in [0.25, 0.3) is 0 Å². The Balaban J connectivity index is 2.18. The highest BCUT2D eigenvalue weighted by Gasteiger charge is 2.05. The average molecular weight is 284 g/mol. The van der Waals surface area contributed by atoms with Crippen molar-refractivity contribution in [2.45, 2.75) is 0 Å². The van der Waals surface area contributed by atoms with Crippen molar-refractivity contribution in [2.75, 3.05) is 0 Å². The normalized spacial score (nSPS) is 10.1. The Bertz CT molecular complexity index is 591. The molecule has 0 amide bonds. The number of hydrogen-bond donors (Lipinski definition) is 1. The highest BCUT2D eigenvalue weighted by molar-refractivity contribution is 7.80. The lowest BCUT2D eigenvalue weighted by Gasteiger charge is -2.05. The van der Waals surface area contributed by atoms with Gasteiger partial charge in [0.1, 0.15) is 22.2 Å². The van der Waals surface area contributed by atoms with Crippen molar-refractivity contribution >= 4 is 28.8 Å². The number of nitrogens with two attached hydrogens (primary N) is 1. The first kappa shape index (κ1) is 12.7. The van der Waals surface area contributed by atoms with Gasteiger partial charge < -0.3 is 10.5 Å². The molecular formula is C11H7ClFN3OS. The van der Waals surface area contributed by atoms with E-state index in [0.717, 1.165) is 0 Å². The number of thiocarbonyl (C=S) groups is 1. The van der Waals surface area contributed by atoms with Crippen LogP contribution in [0.2, 0.25) is 5.02 Å². The molecule has 92 valence electrons. The average Bonchev–Trinajstić information content (AvgIpc) is 2.34. The maximum atomic E-state index is 12.9. The maximum absolute atomic E-state index is 12.9. The van der Waals surface area contributed by atoms with Crippen molar-refractivity contribution in [3.8, 4) is 11.6 Å². The van der Waals surface area contributed by atoms with Crippen LogP contribution in [0.15, 0.2) is 30.6 Å². The Labute approximate surface area is 113 Å². The molecule has 0 aliphatic carbocycles. The lowest BCUT2D eigenvalue weighted by Crippen LogP contribution is -2.11. The Kier molecular flexibility index (Phi) is 3.69. The van der Waals surface area contributed by atoms with Crippen LogP contribution in [-0.4, -0.2) is 15.0 Å². The molecule has 2 N–H and O–H groups in total. The molecule has 0 saturated carbocycles. The van der Waals surface area contributed by atoms with Gasteiger partial charge in [0, 0.05) is 6.07 Å². The van der Waals surface area contributed by atoms with Crippen LogP contribution in [-0.2, 0) is 0 Å². The fourth-order valence-corrected chi connectivity index (χ4v) is 1.43. The van der Waals surface area contributed by atoms with E-state index in [9.17, 15) is 4.39 Å². The number of halogens is 2. The molecule has 0 aliphatic rings. The van der Waals surface area contributed by atoms with Crippen LogP contribution in [0, 0.1) is 5.82 Å². The van der Waals surface area contributed by atoms with Gasteiger partial charge in [0.2, 0.25) is 5.88 Å². The van der Waals surface area contributed by atoms with Crippen LogP contribution >= 0.6 is 23.8 Å². The summed E-state index contributed by atoms with van der Waals surface area (Å²) in [5.74, 6) is 0.0791. The van der Waals surface area contributed by atoms with E-state index in [-0.39, 0.29) is 15.9 Å². The van der Waals surface area contributed by atoms with Gasteiger partial charge in [0.15, 0.2) is 0 Å². The first-order valence-corrected chi connectivity index (χ1v) is 5.59. The van der Waals surface area contributed by atoms with E-state index in [4.69, 9.17) is 34.3 Å². The van der Waals surface area contributed by atoms with Gasteiger partial charge >= 0.3 is 0 Å². The Hall–Kier alpha value is -1.79. The van der Waals surface area contributed by atoms with Crippen molar-refractivity contribution in [3.05, 3.63) is 47.1 Å². The smallest absolute Gasteiger partial charge is 0.237 e. The van der Waals surface area contributed by atoms with Crippen molar-refractivity contribution in [3.63, 3.8) is 0 Å². The Morgan fingerprint density at radius 2 is 2.11 bits per heavy atom. The maximum Gasteiger partial charge on any atom is 0.237 e. The molecule has 0 aliphatic heterocycles. The van der Waals surface area contributed by atoms with Crippen molar-refractivity contribution in [1.29, 1.82) is 0 Å². The summed E-state index contributed by atoms with van der Waals surface area (Å²) in [6.07, 6.45) is 2.76. The van der Waals surface area contributed by atoms with E-state index >= 15 is 0 Å². The highest BCUT2D eigenvalue weighted by atomic mass is 35.5. The second kappa shape index (κ2) is 5.24. The minimum atomic E-state index is -0.515. The molecule has 0 unspecified atom stereocenters. The first-order valence-electron chi connectivity index (χ1n) is 4.81. The van der Waals surface area contributed by atoms with Crippen LogP contribution < -0.4 is 10.5 Å². The third kappa shape index (κ3) is 2.91. The predicted molar refractivity (Wildman–Crippen MR) is 69.4 cm³/mol. The van der Waals surface area contributed by atoms with E-state index in [1.165, 1.54) is 30.6 Å². The molecule has 0 radical (unpaired) electrons. The molecule has 0 fully saturated rings. The molecule has 7 heteroatoms. The number of aromatic nitrogens is 2. The SMILES string of the molecule is NC(=S)c1cnc(Oc2ccc(F)c(Cl)c2)cn1. The van der Waals surface area contributed by atoms with Crippen LogP contribution in [0.5, 0.6) is 11.6 Å². The minimum Gasteiger partial charge on any atom is -0.437 e. The molecule has 0 spiro atoms. The minimum absolute atomic E-state index is 0.0276. The van der Waals surface area contributed by atoms with Crippen LogP contribution in [0.4, 0.5) is 4.39 Å². The second-order valence-electron chi connectivity index (χ2n) is 3.28. The van der Waals surface area contributed by atoms with E-state index in [2.05, 4.69) is 9.97 Å².